The molecule has 0 radical (unpaired) electrons. The molecule has 4 aromatic rings. The number of hydrogen-bond donors (Lipinski definition) is 0. The van der Waals surface area contributed by atoms with E-state index in [1.54, 1.807) is 30.3 Å². The molecular formula is C27H27O4P. The van der Waals surface area contributed by atoms with E-state index in [4.69, 9.17) is 13.6 Å². The zero-order chi connectivity index (χ0) is 22.6. The zero-order valence-electron chi connectivity index (χ0n) is 18.5. The van der Waals surface area contributed by atoms with Crippen LogP contribution in [0.25, 0.3) is 10.8 Å². The fourth-order valence-electron chi connectivity index (χ4n) is 3.42. The van der Waals surface area contributed by atoms with Gasteiger partial charge >= 0.3 is 7.82 Å². The molecule has 0 aliphatic heterocycles. The average molecular weight is 446 g/mol. The van der Waals surface area contributed by atoms with Crippen molar-refractivity contribution in [1.82, 2.24) is 0 Å². The third-order valence-electron chi connectivity index (χ3n) is 4.96. The number of phosphoric ester groups is 1. The third kappa shape index (κ3) is 5.72. The van der Waals surface area contributed by atoms with Gasteiger partial charge in [-0.1, -0.05) is 74.0 Å². The Hall–Kier alpha value is -3.23. The largest absolute Gasteiger partial charge is 0.647 e. The molecule has 0 fully saturated rings. The SMILES string of the molecule is Cc1ccc(OP(=O)(Oc2ccc(CC(C)C)cc2)Oc2ccc3ccccc3c2)cc1. The first-order valence-electron chi connectivity index (χ1n) is 10.7. The van der Waals surface area contributed by atoms with Crippen LogP contribution in [0.15, 0.2) is 91.0 Å². The maximum absolute atomic E-state index is 13.7. The summed E-state index contributed by atoms with van der Waals surface area (Å²) < 4.78 is 31.2. The molecular weight excluding hydrogens is 419 g/mol. The molecule has 32 heavy (non-hydrogen) atoms. The van der Waals surface area contributed by atoms with Gasteiger partial charge in [-0.2, -0.15) is 4.57 Å². The van der Waals surface area contributed by atoms with Crippen molar-refractivity contribution in [2.45, 2.75) is 27.2 Å². The summed E-state index contributed by atoms with van der Waals surface area (Å²) in [4.78, 5) is 0. The Morgan fingerprint density at radius 3 is 1.84 bits per heavy atom. The first-order valence-corrected chi connectivity index (χ1v) is 12.2. The first kappa shape index (κ1) is 22.0. The lowest BCUT2D eigenvalue weighted by Crippen LogP contribution is -2.07. The molecule has 0 saturated heterocycles. The highest BCUT2D eigenvalue weighted by molar-refractivity contribution is 7.49. The van der Waals surface area contributed by atoms with Crippen molar-refractivity contribution >= 4 is 18.6 Å². The Labute approximate surface area is 189 Å². The number of rotatable bonds is 8. The molecule has 0 spiro atoms. The molecule has 1 unspecified atom stereocenters. The highest BCUT2D eigenvalue weighted by Crippen LogP contribution is 2.50. The maximum Gasteiger partial charge on any atom is 0.647 e. The summed E-state index contributed by atoms with van der Waals surface area (Å²) in [6.45, 7) is 6.32. The second-order valence-electron chi connectivity index (χ2n) is 8.29. The van der Waals surface area contributed by atoms with Crippen LogP contribution in [0, 0.1) is 12.8 Å². The summed E-state index contributed by atoms with van der Waals surface area (Å²) in [5.74, 6) is 1.80. The number of phosphoric acid groups is 1. The Bertz CT molecular complexity index is 1230. The van der Waals surface area contributed by atoms with E-state index >= 15 is 0 Å². The summed E-state index contributed by atoms with van der Waals surface area (Å²) in [5.41, 5.74) is 2.27. The van der Waals surface area contributed by atoms with E-state index in [1.165, 1.54) is 5.56 Å². The van der Waals surface area contributed by atoms with E-state index < -0.39 is 7.82 Å². The molecule has 4 rings (SSSR count). The van der Waals surface area contributed by atoms with Crippen molar-refractivity contribution in [3.63, 3.8) is 0 Å². The summed E-state index contributed by atoms with van der Waals surface area (Å²) in [6, 6.07) is 28.2. The van der Waals surface area contributed by atoms with E-state index in [1.807, 2.05) is 67.6 Å². The van der Waals surface area contributed by atoms with Crippen molar-refractivity contribution in [1.29, 1.82) is 0 Å². The Kier molecular flexibility index (Phi) is 6.53. The minimum atomic E-state index is -4.02. The van der Waals surface area contributed by atoms with Crippen molar-refractivity contribution < 1.29 is 18.1 Å². The predicted molar refractivity (Wildman–Crippen MR) is 130 cm³/mol. The minimum absolute atomic E-state index is 0.413. The first-order chi connectivity index (χ1) is 15.4. The summed E-state index contributed by atoms with van der Waals surface area (Å²) in [7, 11) is -4.02. The van der Waals surface area contributed by atoms with E-state index in [-0.39, 0.29) is 0 Å². The Morgan fingerprint density at radius 1 is 0.688 bits per heavy atom. The fourth-order valence-corrected chi connectivity index (χ4v) is 4.67. The molecule has 4 nitrogen and oxygen atoms in total. The molecule has 0 aliphatic carbocycles. The zero-order valence-corrected chi connectivity index (χ0v) is 19.4. The quantitative estimate of drug-likeness (QED) is 0.257. The van der Waals surface area contributed by atoms with Gasteiger partial charge < -0.3 is 13.6 Å². The number of fused-ring (bicyclic) bond motifs is 1. The molecule has 0 heterocycles. The van der Waals surface area contributed by atoms with Crippen LogP contribution in [0.4, 0.5) is 0 Å². The van der Waals surface area contributed by atoms with Crippen molar-refractivity contribution in [3.8, 4) is 17.2 Å². The number of hydrogen-bond acceptors (Lipinski definition) is 4. The van der Waals surface area contributed by atoms with Crippen LogP contribution < -0.4 is 13.6 Å². The second kappa shape index (κ2) is 9.50. The fraction of sp³-hybridized carbons (Fsp3) is 0.185. The summed E-state index contributed by atoms with van der Waals surface area (Å²) in [5, 5.41) is 2.04. The van der Waals surface area contributed by atoms with Gasteiger partial charge in [0.25, 0.3) is 0 Å². The molecule has 4 aromatic carbocycles. The topological polar surface area (TPSA) is 44.8 Å². The van der Waals surface area contributed by atoms with Gasteiger partial charge in [-0.15, -0.1) is 0 Å². The smallest absolute Gasteiger partial charge is 0.386 e. The highest BCUT2D eigenvalue weighted by Gasteiger charge is 2.33. The van der Waals surface area contributed by atoms with Crippen molar-refractivity contribution in [2.24, 2.45) is 5.92 Å². The number of aryl methyl sites for hydroxylation is 1. The van der Waals surface area contributed by atoms with Crippen LogP contribution in [0.2, 0.25) is 0 Å². The highest BCUT2D eigenvalue weighted by atomic mass is 31.2. The predicted octanol–water partition coefficient (Wildman–Crippen LogP) is 7.99. The molecule has 0 saturated carbocycles. The van der Waals surface area contributed by atoms with Crippen molar-refractivity contribution in [2.75, 3.05) is 0 Å². The van der Waals surface area contributed by atoms with Gasteiger partial charge in [0.15, 0.2) is 0 Å². The number of benzene rings is 4. The lowest BCUT2D eigenvalue weighted by molar-refractivity contribution is 0.298. The Morgan fingerprint density at radius 2 is 1.22 bits per heavy atom. The van der Waals surface area contributed by atoms with Gasteiger partial charge in [0, 0.05) is 0 Å². The summed E-state index contributed by atoms with van der Waals surface area (Å²) in [6.07, 6.45) is 0.964. The van der Waals surface area contributed by atoms with Gasteiger partial charge in [-0.05, 0) is 72.0 Å². The van der Waals surface area contributed by atoms with Gasteiger partial charge in [0.2, 0.25) is 0 Å². The minimum Gasteiger partial charge on any atom is -0.386 e. The molecule has 0 aromatic heterocycles. The van der Waals surface area contributed by atoms with Gasteiger partial charge in [0.1, 0.15) is 17.2 Å². The molecule has 1 atom stereocenters. The van der Waals surface area contributed by atoms with Crippen LogP contribution >= 0.6 is 7.82 Å². The van der Waals surface area contributed by atoms with Gasteiger partial charge in [-0.3, -0.25) is 0 Å². The maximum atomic E-state index is 13.7. The van der Waals surface area contributed by atoms with Crippen LogP contribution in [-0.2, 0) is 11.0 Å². The van der Waals surface area contributed by atoms with Gasteiger partial charge in [-0.25, -0.2) is 0 Å². The lowest BCUT2D eigenvalue weighted by Gasteiger charge is -2.20. The molecule has 0 bridgehead atoms. The standard InChI is InChI=1S/C27H27O4P/c1-20(2)18-22-10-15-26(16-11-22)30-32(28,29-25-13-8-21(3)9-14-25)31-27-17-12-23-6-4-5-7-24(23)19-27/h4-17,19-20H,18H2,1-3H3. The monoisotopic (exact) mass is 446 g/mol. The van der Waals surface area contributed by atoms with E-state index in [0.717, 1.165) is 22.8 Å². The second-order valence-corrected chi connectivity index (χ2v) is 9.73. The van der Waals surface area contributed by atoms with Crippen LogP contribution in [0.1, 0.15) is 25.0 Å². The summed E-state index contributed by atoms with van der Waals surface area (Å²) >= 11 is 0. The van der Waals surface area contributed by atoms with E-state index in [2.05, 4.69) is 13.8 Å². The molecule has 0 N–H and O–H groups in total. The molecule has 0 amide bonds. The molecule has 5 heteroatoms. The van der Waals surface area contributed by atoms with Crippen molar-refractivity contribution in [3.05, 3.63) is 102 Å². The van der Waals surface area contributed by atoms with Crippen LogP contribution in [0.5, 0.6) is 17.2 Å². The van der Waals surface area contributed by atoms with E-state index in [0.29, 0.717) is 23.2 Å². The molecule has 0 aliphatic rings. The van der Waals surface area contributed by atoms with Gasteiger partial charge in [0.05, 0.1) is 0 Å². The average Bonchev–Trinajstić information content (AvgIpc) is 2.76. The lowest BCUT2D eigenvalue weighted by atomic mass is 10.0. The van der Waals surface area contributed by atoms with Crippen LogP contribution in [-0.4, -0.2) is 0 Å². The van der Waals surface area contributed by atoms with E-state index in [9.17, 15) is 4.57 Å². The third-order valence-corrected chi connectivity index (χ3v) is 6.26. The Balaban J connectivity index is 1.62. The molecule has 164 valence electrons. The van der Waals surface area contributed by atoms with Crippen LogP contribution in [0.3, 0.4) is 0 Å². The normalized spacial score (nSPS) is 13.0.